The molecule has 1 unspecified atom stereocenters. The Morgan fingerprint density at radius 2 is 1.88 bits per heavy atom. The second-order valence-corrected chi connectivity index (χ2v) is 6.66. The van der Waals surface area contributed by atoms with Crippen molar-refractivity contribution in [3.8, 4) is 0 Å². The molecule has 1 atom stereocenters. The van der Waals surface area contributed by atoms with Crippen LogP contribution >= 0.6 is 0 Å². The zero-order valence-electron chi connectivity index (χ0n) is 14.3. The molecule has 0 aliphatic carbocycles. The molecular formula is C18H23N3O4. The number of para-hydroxylation sites is 1. The molecule has 0 aromatic heterocycles. The van der Waals surface area contributed by atoms with E-state index < -0.39 is 17.6 Å². The van der Waals surface area contributed by atoms with Crippen LogP contribution in [0.1, 0.15) is 32.6 Å². The highest BCUT2D eigenvalue weighted by molar-refractivity contribution is 6.40. The number of rotatable bonds is 4. The maximum atomic E-state index is 12.7. The molecular weight excluding hydrogens is 322 g/mol. The van der Waals surface area contributed by atoms with E-state index >= 15 is 0 Å². The van der Waals surface area contributed by atoms with Crippen molar-refractivity contribution in [1.29, 1.82) is 0 Å². The Morgan fingerprint density at radius 3 is 2.44 bits per heavy atom. The third-order valence-electron chi connectivity index (χ3n) is 5.10. The molecule has 2 aliphatic rings. The van der Waals surface area contributed by atoms with E-state index in [9.17, 15) is 19.8 Å². The second-order valence-electron chi connectivity index (χ2n) is 6.66. The topological polar surface area (TPSA) is 93.4 Å². The number of hydrogen-bond acceptors (Lipinski definition) is 5. The van der Waals surface area contributed by atoms with Crippen molar-refractivity contribution in [2.24, 2.45) is 5.10 Å². The van der Waals surface area contributed by atoms with Gasteiger partial charge in [0.15, 0.2) is 6.04 Å². The number of carboxylic acids is 1. The molecule has 7 heteroatoms. The number of piperidine rings is 1. The summed E-state index contributed by atoms with van der Waals surface area (Å²) >= 11 is 0. The number of nitrogens with zero attached hydrogens (tertiary/aromatic N) is 3. The molecule has 0 spiro atoms. The van der Waals surface area contributed by atoms with Gasteiger partial charge in [-0.1, -0.05) is 25.1 Å². The molecule has 0 bridgehead atoms. The number of aliphatic carboxylic acids is 1. The minimum Gasteiger partial charge on any atom is -0.480 e. The average Bonchev–Trinajstić information content (AvgIpc) is 3.08. The molecule has 1 aromatic carbocycles. The summed E-state index contributed by atoms with van der Waals surface area (Å²) in [5.41, 5.74) is 0.211. The molecule has 2 aliphatic heterocycles. The van der Waals surface area contributed by atoms with Gasteiger partial charge < -0.3 is 15.1 Å². The third kappa shape index (κ3) is 3.51. The van der Waals surface area contributed by atoms with Gasteiger partial charge in [0.1, 0.15) is 5.71 Å². The molecule has 0 saturated carbocycles. The fourth-order valence-corrected chi connectivity index (χ4v) is 3.31. The van der Waals surface area contributed by atoms with Crippen LogP contribution in [-0.2, 0) is 9.59 Å². The molecule has 25 heavy (non-hydrogen) atoms. The van der Waals surface area contributed by atoms with Gasteiger partial charge >= 0.3 is 5.97 Å². The molecule has 1 fully saturated rings. The number of amides is 1. The van der Waals surface area contributed by atoms with Gasteiger partial charge in [0.25, 0.3) is 5.91 Å². The zero-order valence-corrected chi connectivity index (χ0v) is 14.3. The SMILES string of the molecule is CCC1(O)CCN(C(=O)C2=NN(c3ccccc3)C(C(=O)O)C2)CC1. The third-order valence-corrected chi connectivity index (χ3v) is 5.10. The Hall–Kier alpha value is -2.41. The Kier molecular flexibility index (Phi) is 4.76. The number of anilines is 1. The quantitative estimate of drug-likeness (QED) is 0.862. The first-order valence-electron chi connectivity index (χ1n) is 8.60. The van der Waals surface area contributed by atoms with Crippen LogP contribution in [0, 0.1) is 0 Å². The number of aliphatic hydroxyl groups is 1. The standard InChI is InChI=1S/C18H23N3O4/c1-2-18(25)8-10-20(11-9-18)16(22)14-12-15(17(23)24)21(19-14)13-6-4-3-5-7-13/h3-7,15,25H,2,8-12H2,1H3,(H,23,24). The number of carbonyl (C=O) groups is 2. The summed E-state index contributed by atoms with van der Waals surface area (Å²) in [6.45, 7) is 2.87. The smallest absolute Gasteiger partial charge is 0.328 e. The fourth-order valence-electron chi connectivity index (χ4n) is 3.31. The van der Waals surface area contributed by atoms with E-state index in [4.69, 9.17) is 0 Å². The molecule has 2 N–H and O–H groups in total. The monoisotopic (exact) mass is 345 g/mol. The fraction of sp³-hybridized carbons (Fsp3) is 0.500. The van der Waals surface area contributed by atoms with Gasteiger partial charge in [-0.3, -0.25) is 9.80 Å². The van der Waals surface area contributed by atoms with Crippen LogP contribution < -0.4 is 5.01 Å². The van der Waals surface area contributed by atoms with Crippen LogP contribution in [0.4, 0.5) is 5.69 Å². The number of likely N-dealkylation sites (tertiary alicyclic amines) is 1. The van der Waals surface area contributed by atoms with Gasteiger partial charge in [0.2, 0.25) is 0 Å². The molecule has 2 heterocycles. The highest BCUT2D eigenvalue weighted by atomic mass is 16.4. The summed E-state index contributed by atoms with van der Waals surface area (Å²) in [7, 11) is 0. The Bertz CT molecular complexity index is 681. The molecule has 134 valence electrons. The van der Waals surface area contributed by atoms with Crippen LogP contribution in [0.25, 0.3) is 0 Å². The van der Waals surface area contributed by atoms with E-state index in [1.54, 1.807) is 29.2 Å². The molecule has 1 aromatic rings. The first-order chi connectivity index (χ1) is 11.9. The van der Waals surface area contributed by atoms with E-state index in [0.29, 0.717) is 38.0 Å². The lowest BCUT2D eigenvalue weighted by molar-refractivity contribution is -0.138. The van der Waals surface area contributed by atoms with Crippen molar-refractivity contribution in [3.05, 3.63) is 30.3 Å². The van der Waals surface area contributed by atoms with Gasteiger partial charge in [-0.15, -0.1) is 0 Å². The van der Waals surface area contributed by atoms with Crippen LogP contribution in [0.2, 0.25) is 0 Å². The van der Waals surface area contributed by atoms with Crippen molar-refractivity contribution in [1.82, 2.24) is 4.90 Å². The van der Waals surface area contributed by atoms with Crippen LogP contribution in [0.3, 0.4) is 0 Å². The normalized spacial score (nSPS) is 22.6. The van der Waals surface area contributed by atoms with E-state index in [0.717, 1.165) is 0 Å². The summed E-state index contributed by atoms with van der Waals surface area (Å²) in [5.74, 6) is -1.24. The molecule has 1 saturated heterocycles. The predicted molar refractivity (Wildman–Crippen MR) is 93.5 cm³/mol. The minimum absolute atomic E-state index is 0.0810. The zero-order chi connectivity index (χ0) is 18.0. The van der Waals surface area contributed by atoms with E-state index in [-0.39, 0.29) is 18.0 Å². The van der Waals surface area contributed by atoms with Crippen molar-refractivity contribution in [2.75, 3.05) is 18.1 Å². The lowest BCUT2D eigenvalue weighted by Crippen LogP contribution is -2.48. The lowest BCUT2D eigenvalue weighted by Gasteiger charge is -2.37. The Labute approximate surface area is 146 Å². The van der Waals surface area contributed by atoms with E-state index in [2.05, 4.69) is 5.10 Å². The van der Waals surface area contributed by atoms with Gasteiger partial charge in [-0.2, -0.15) is 5.10 Å². The van der Waals surface area contributed by atoms with Crippen molar-refractivity contribution >= 4 is 23.3 Å². The number of hydrogen-bond donors (Lipinski definition) is 2. The average molecular weight is 345 g/mol. The van der Waals surface area contributed by atoms with Gasteiger partial charge in [0, 0.05) is 19.5 Å². The van der Waals surface area contributed by atoms with Crippen molar-refractivity contribution < 1.29 is 19.8 Å². The van der Waals surface area contributed by atoms with Gasteiger partial charge in [-0.05, 0) is 31.4 Å². The number of benzene rings is 1. The maximum absolute atomic E-state index is 12.7. The highest BCUT2D eigenvalue weighted by Crippen LogP contribution is 2.28. The minimum atomic E-state index is -1.01. The summed E-state index contributed by atoms with van der Waals surface area (Å²) < 4.78 is 0. The largest absolute Gasteiger partial charge is 0.480 e. The van der Waals surface area contributed by atoms with Gasteiger partial charge in [-0.25, -0.2) is 4.79 Å². The first kappa shape index (κ1) is 17.4. The summed E-state index contributed by atoms with van der Waals surface area (Å²) in [5, 5.41) is 25.5. The summed E-state index contributed by atoms with van der Waals surface area (Å²) in [4.78, 5) is 26.0. The van der Waals surface area contributed by atoms with Crippen molar-refractivity contribution in [3.63, 3.8) is 0 Å². The van der Waals surface area contributed by atoms with E-state index in [1.807, 2.05) is 13.0 Å². The number of hydrazone groups is 1. The molecule has 7 nitrogen and oxygen atoms in total. The summed E-state index contributed by atoms with van der Waals surface area (Å²) in [6, 6.07) is 8.12. The molecule has 3 rings (SSSR count). The predicted octanol–water partition coefficient (Wildman–Crippen LogP) is 1.47. The van der Waals surface area contributed by atoms with Crippen LogP contribution in [0.5, 0.6) is 0 Å². The van der Waals surface area contributed by atoms with Crippen LogP contribution in [0.15, 0.2) is 35.4 Å². The molecule has 1 amide bonds. The van der Waals surface area contributed by atoms with Gasteiger partial charge in [0.05, 0.1) is 11.3 Å². The van der Waals surface area contributed by atoms with Crippen molar-refractivity contribution in [2.45, 2.75) is 44.2 Å². The van der Waals surface area contributed by atoms with E-state index in [1.165, 1.54) is 5.01 Å². The lowest BCUT2D eigenvalue weighted by atomic mass is 9.89. The maximum Gasteiger partial charge on any atom is 0.328 e. The Morgan fingerprint density at radius 1 is 1.24 bits per heavy atom. The second kappa shape index (κ2) is 6.84. The highest BCUT2D eigenvalue weighted by Gasteiger charge is 2.39. The molecule has 0 radical (unpaired) electrons. The number of carbonyl (C=O) groups excluding carboxylic acids is 1. The summed E-state index contributed by atoms with van der Waals surface area (Å²) in [6.07, 6.45) is 1.82. The Balaban J connectivity index is 1.76. The number of carboxylic acid groups (broad SMARTS) is 1. The first-order valence-corrected chi connectivity index (χ1v) is 8.60. The van der Waals surface area contributed by atoms with Crippen LogP contribution in [-0.4, -0.2) is 57.4 Å².